The number of hydrogen-bond acceptors (Lipinski definition) is 2. The molecule has 0 aliphatic heterocycles. The van der Waals surface area contributed by atoms with Gasteiger partial charge in [-0.25, -0.2) is 0 Å². The molecule has 0 atom stereocenters. The number of carbonyl (C=O) groups is 1. The van der Waals surface area contributed by atoms with Crippen LogP contribution in [-0.2, 0) is 13.6 Å². The van der Waals surface area contributed by atoms with Crippen molar-refractivity contribution in [1.29, 1.82) is 0 Å². The van der Waals surface area contributed by atoms with Gasteiger partial charge in [0.15, 0.2) is 0 Å². The molecule has 0 unspecified atom stereocenters. The van der Waals surface area contributed by atoms with Gasteiger partial charge in [-0.1, -0.05) is 17.7 Å². The Labute approximate surface area is 111 Å². The molecule has 18 heavy (non-hydrogen) atoms. The zero-order valence-electron chi connectivity index (χ0n) is 10.3. The Morgan fingerprint density at radius 2 is 2.28 bits per heavy atom. The van der Waals surface area contributed by atoms with Gasteiger partial charge >= 0.3 is 0 Å². The van der Waals surface area contributed by atoms with Crippen LogP contribution in [0.25, 0.3) is 0 Å². The number of nitrogens with one attached hydrogen (secondary N) is 1. The van der Waals surface area contributed by atoms with Gasteiger partial charge in [0.2, 0.25) is 0 Å². The van der Waals surface area contributed by atoms with Crippen molar-refractivity contribution in [2.45, 2.75) is 13.5 Å². The van der Waals surface area contributed by atoms with E-state index >= 15 is 0 Å². The molecule has 0 radical (unpaired) electrons. The number of aromatic nitrogens is 2. The molecule has 4 nitrogen and oxygen atoms in total. The van der Waals surface area contributed by atoms with Gasteiger partial charge in [0.25, 0.3) is 5.91 Å². The first-order chi connectivity index (χ1) is 8.58. The number of amides is 1. The summed E-state index contributed by atoms with van der Waals surface area (Å²) in [5.74, 6) is -0.126. The van der Waals surface area contributed by atoms with Gasteiger partial charge in [0.05, 0.1) is 6.20 Å². The van der Waals surface area contributed by atoms with Gasteiger partial charge in [0.1, 0.15) is 0 Å². The third kappa shape index (κ3) is 2.71. The summed E-state index contributed by atoms with van der Waals surface area (Å²) in [5, 5.41) is 7.49. The lowest BCUT2D eigenvalue weighted by Crippen LogP contribution is -2.23. The molecule has 1 heterocycles. The summed E-state index contributed by atoms with van der Waals surface area (Å²) in [6, 6.07) is 5.31. The largest absolute Gasteiger partial charge is 0.348 e. The topological polar surface area (TPSA) is 46.9 Å². The van der Waals surface area contributed by atoms with Crippen LogP contribution in [0.4, 0.5) is 0 Å². The zero-order valence-corrected chi connectivity index (χ0v) is 11.0. The van der Waals surface area contributed by atoms with E-state index in [0.717, 1.165) is 11.1 Å². The van der Waals surface area contributed by atoms with Gasteiger partial charge in [-0.15, -0.1) is 0 Å². The van der Waals surface area contributed by atoms with E-state index < -0.39 is 0 Å². The van der Waals surface area contributed by atoms with Crippen LogP contribution in [0.5, 0.6) is 0 Å². The Bertz CT molecular complexity index is 577. The number of rotatable bonds is 3. The summed E-state index contributed by atoms with van der Waals surface area (Å²) in [4.78, 5) is 12.0. The minimum Gasteiger partial charge on any atom is -0.348 e. The highest BCUT2D eigenvalue weighted by atomic mass is 35.5. The van der Waals surface area contributed by atoms with Gasteiger partial charge < -0.3 is 5.32 Å². The van der Waals surface area contributed by atoms with E-state index in [1.165, 1.54) is 0 Å². The predicted octanol–water partition coefficient (Wildman–Crippen LogP) is 2.31. The van der Waals surface area contributed by atoms with Gasteiger partial charge in [0, 0.05) is 35.9 Å². The van der Waals surface area contributed by atoms with E-state index in [1.807, 2.05) is 20.2 Å². The minimum absolute atomic E-state index is 0.126. The molecule has 1 amide bonds. The van der Waals surface area contributed by atoms with Crippen LogP contribution in [0.2, 0.25) is 5.02 Å². The molecule has 5 heteroatoms. The number of carbonyl (C=O) groups excluding carboxylic acids is 1. The maximum absolute atomic E-state index is 12.0. The molecule has 94 valence electrons. The molecular weight excluding hydrogens is 250 g/mol. The molecular formula is C13H14ClN3O. The van der Waals surface area contributed by atoms with Crippen LogP contribution in [0.15, 0.2) is 30.6 Å². The molecule has 1 aromatic carbocycles. The third-order valence-electron chi connectivity index (χ3n) is 2.72. The Balaban J connectivity index is 2.06. The van der Waals surface area contributed by atoms with Gasteiger partial charge in [-0.2, -0.15) is 5.10 Å². The number of hydrogen-bond donors (Lipinski definition) is 1. The van der Waals surface area contributed by atoms with Gasteiger partial charge in [-0.05, 0) is 24.6 Å². The van der Waals surface area contributed by atoms with E-state index in [0.29, 0.717) is 17.1 Å². The molecule has 1 N–H and O–H groups in total. The lowest BCUT2D eigenvalue weighted by molar-refractivity contribution is 0.0950. The Morgan fingerprint density at radius 3 is 2.94 bits per heavy atom. The molecule has 0 saturated carbocycles. The average molecular weight is 264 g/mol. The number of nitrogens with zero attached hydrogens (tertiary/aromatic N) is 2. The fraction of sp³-hybridized carbons (Fsp3) is 0.231. The molecule has 0 aliphatic carbocycles. The second kappa shape index (κ2) is 5.23. The Hall–Kier alpha value is -1.81. The zero-order chi connectivity index (χ0) is 13.1. The van der Waals surface area contributed by atoms with E-state index in [2.05, 4.69) is 10.4 Å². The van der Waals surface area contributed by atoms with E-state index in [4.69, 9.17) is 11.6 Å². The summed E-state index contributed by atoms with van der Waals surface area (Å²) >= 11 is 5.99. The normalized spacial score (nSPS) is 10.4. The second-order valence-corrected chi connectivity index (χ2v) is 4.52. The molecule has 0 bridgehead atoms. The van der Waals surface area contributed by atoms with Crippen molar-refractivity contribution in [1.82, 2.24) is 15.1 Å². The molecule has 0 aliphatic rings. The average Bonchev–Trinajstić information content (AvgIpc) is 2.76. The van der Waals surface area contributed by atoms with E-state index in [9.17, 15) is 4.79 Å². The van der Waals surface area contributed by atoms with Crippen molar-refractivity contribution < 1.29 is 4.79 Å². The fourth-order valence-electron chi connectivity index (χ4n) is 1.69. The third-order valence-corrected chi connectivity index (χ3v) is 3.13. The van der Waals surface area contributed by atoms with Crippen LogP contribution in [-0.4, -0.2) is 15.7 Å². The summed E-state index contributed by atoms with van der Waals surface area (Å²) in [6.45, 7) is 2.29. The van der Waals surface area contributed by atoms with Crippen molar-refractivity contribution in [3.8, 4) is 0 Å². The highest BCUT2D eigenvalue weighted by molar-refractivity contribution is 6.31. The first-order valence-corrected chi connectivity index (χ1v) is 5.96. The number of aryl methyl sites for hydroxylation is 1. The molecule has 0 saturated heterocycles. The minimum atomic E-state index is -0.126. The van der Waals surface area contributed by atoms with Crippen molar-refractivity contribution in [3.63, 3.8) is 0 Å². The Morgan fingerprint density at radius 1 is 1.50 bits per heavy atom. The highest BCUT2D eigenvalue weighted by Gasteiger charge is 2.10. The standard InChI is InChI=1S/C13H14ClN3O/c1-9-11(4-3-5-12(9)14)13(18)15-6-10-7-16-17(2)8-10/h3-5,7-8H,6H2,1-2H3,(H,15,18). The predicted molar refractivity (Wildman–Crippen MR) is 70.6 cm³/mol. The SMILES string of the molecule is Cc1c(Cl)cccc1C(=O)NCc1cnn(C)c1. The summed E-state index contributed by atoms with van der Waals surface area (Å²) in [7, 11) is 1.84. The first kappa shape index (κ1) is 12.6. The van der Waals surface area contributed by atoms with E-state index in [-0.39, 0.29) is 5.91 Å². The lowest BCUT2D eigenvalue weighted by atomic mass is 10.1. The Kier molecular flexibility index (Phi) is 3.67. The fourth-order valence-corrected chi connectivity index (χ4v) is 1.87. The monoisotopic (exact) mass is 263 g/mol. The number of benzene rings is 1. The van der Waals surface area contributed by atoms with Crippen molar-refractivity contribution >= 4 is 17.5 Å². The first-order valence-electron chi connectivity index (χ1n) is 5.59. The summed E-state index contributed by atoms with van der Waals surface area (Å²) in [5.41, 5.74) is 2.36. The van der Waals surface area contributed by atoms with E-state index in [1.54, 1.807) is 29.1 Å². The van der Waals surface area contributed by atoms with Gasteiger partial charge in [-0.3, -0.25) is 9.48 Å². The summed E-state index contributed by atoms with van der Waals surface area (Å²) in [6.07, 6.45) is 3.59. The molecule has 2 rings (SSSR count). The molecule has 0 fully saturated rings. The maximum Gasteiger partial charge on any atom is 0.251 e. The van der Waals surface area contributed by atoms with Crippen molar-refractivity contribution in [2.75, 3.05) is 0 Å². The second-order valence-electron chi connectivity index (χ2n) is 4.12. The smallest absolute Gasteiger partial charge is 0.251 e. The van der Waals surface area contributed by atoms with Crippen LogP contribution >= 0.6 is 11.6 Å². The molecule has 2 aromatic rings. The van der Waals surface area contributed by atoms with Crippen LogP contribution in [0.3, 0.4) is 0 Å². The van der Waals surface area contributed by atoms with Crippen LogP contribution in [0, 0.1) is 6.92 Å². The molecule has 1 aromatic heterocycles. The maximum atomic E-state index is 12.0. The lowest BCUT2D eigenvalue weighted by Gasteiger charge is -2.07. The number of halogens is 1. The van der Waals surface area contributed by atoms with Crippen LogP contribution in [0.1, 0.15) is 21.5 Å². The van der Waals surface area contributed by atoms with Crippen LogP contribution < -0.4 is 5.32 Å². The quantitative estimate of drug-likeness (QED) is 0.924. The van der Waals surface area contributed by atoms with Crippen molar-refractivity contribution in [3.05, 3.63) is 52.3 Å². The highest BCUT2D eigenvalue weighted by Crippen LogP contribution is 2.18. The molecule has 0 spiro atoms. The summed E-state index contributed by atoms with van der Waals surface area (Å²) < 4.78 is 1.70. The van der Waals surface area contributed by atoms with Crippen molar-refractivity contribution in [2.24, 2.45) is 7.05 Å².